The molecule has 0 radical (unpaired) electrons. The first-order valence-electron chi connectivity index (χ1n) is 5.66. The van der Waals surface area contributed by atoms with Crippen LogP contribution in [0.2, 0.25) is 0 Å². The predicted molar refractivity (Wildman–Crippen MR) is 68.7 cm³/mol. The van der Waals surface area contributed by atoms with Crippen molar-refractivity contribution in [1.82, 2.24) is 4.57 Å². The number of hydrogen-bond donors (Lipinski definition) is 0. The number of Topliss-reactive ketones (excluding diaryl/α,β-unsaturated/α-hetero) is 1. The average molecular weight is 281 g/mol. The number of rotatable bonds is 1. The van der Waals surface area contributed by atoms with Crippen molar-refractivity contribution < 1.29 is 13.6 Å². The maximum absolute atomic E-state index is 13.3. The fraction of sp³-hybridized carbons (Fsp3) is 0.231. The van der Waals surface area contributed by atoms with Gasteiger partial charge in [-0.2, -0.15) is 0 Å². The van der Waals surface area contributed by atoms with Gasteiger partial charge < -0.3 is 4.57 Å². The highest BCUT2D eigenvalue weighted by Gasteiger charge is 2.31. The van der Waals surface area contributed by atoms with E-state index in [-0.39, 0.29) is 22.1 Å². The molecule has 0 N–H and O–H groups in total. The molecule has 1 aromatic heterocycles. The summed E-state index contributed by atoms with van der Waals surface area (Å²) in [6.07, 6.45) is 0. The standard InChI is InChI=1S/C13H9F2NO2S/c1-5(17)11-12(18)7-3-8(14)9(15)4-10(7)16-6(2)19-13(11)16/h3-4,6H,1-2H3. The van der Waals surface area contributed by atoms with Gasteiger partial charge in [0.1, 0.15) is 0 Å². The summed E-state index contributed by atoms with van der Waals surface area (Å²) in [7, 11) is 0. The third-order valence-electron chi connectivity index (χ3n) is 3.20. The lowest BCUT2D eigenvalue weighted by molar-refractivity contribution is 0.101. The van der Waals surface area contributed by atoms with E-state index in [1.54, 1.807) is 4.57 Å². The SMILES string of the molecule is CC(=O)c1c2n(c3cc(F)c(F)cc3c1=O)C(C)S2. The van der Waals surface area contributed by atoms with Gasteiger partial charge in [0.15, 0.2) is 17.4 Å². The second-order valence-electron chi connectivity index (χ2n) is 4.44. The molecular weight excluding hydrogens is 272 g/mol. The van der Waals surface area contributed by atoms with Crippen LogP contribution in [0.4, 0.5) is 8.78 Å². The highest BCUT2D eigenvalue weighted by Crippen LogP contribution is 2.46. The van der Waals surface area contributed by atoms with Gasteiger partial charge in [0, 0.05) is 11.5 Å². The zero-order valence-electron chi connectivity index (χ0n) is 10.2. The van der Waals surface area contributed by atoms with E-state index in [2.05, 4.69) is 0 Å². The fourth-order valence-corrected chi connectivity index (χ4v) is 3.54. The Morgan fingerprint density at radius 2 is 1.95 bits per heavy atom. The second-order valence-corrected chi connectivity index (χ2v) is 5.74. The van der Waals surface area contributed by atoms with Crippen molar-refractivity contribution in [1.29, 1.82) is 0 Å². The molecule has 0 saturated carbocycles. The van der Waals surface area contributed by atoms with Crippen molar-refractivity contribution in [2.45, 2.75) is 24.2 Å². The van der Waals surface area contributed by atoms with Crippen LogP contribution < -0.4 is 5.43 Å². The van der Waals surface area contributed by atoms with Gasteiger partial charge in [-0.15, -0.1) is 0 Å². The molecule has 3 nitrogen and oxygen atoms in total. The highest BCUT2D eigenvalue weighted by atomic mass is 32.2. The molecule has 0 bridgehead atoms. The van der Waals surface area contributed by atoms with Crippen molar-refractivity contribution in [2.75, 3.05) is 0 Å². The summed E-state index contributed by atoms with van der Waals surface area (Å²) >= 11 is 1.37. The highest BCUT2D eigenvalue weighted by molar-refractivity contribution is 8.00. The maximum Gasteiger partial charge on any atom is 0.201 e. The molecule has 19 heavy (non-hydrogen) atoms. The van der Waals surface area contributed by atoms with Gasteiger partial charge in [0.2, 0.25) is 5.43 Å². The first-order chi connectivity index (χ1) is 8.91. The summed E-state index contributed by atoms with van der Waals surface area (Å²) < 4.78 is 28.3. The van der Waals surface area contributed by atoms with Crippen molar-refractivity contribution >= 4 is 28.4 Å². The molecule has 98 valence electrons. The van der Waals surface area contributed by atoms with Crippen LogP contribution in [0.1, 0.15) is 29.6 Å². The minimum absolute atomic E-state index is 0.0129. The zero-order chi connectivity index (χ0) is 13.9. The summed E-state index contributed by atoms with van der Waals surface area (Å²) in [5.41, 5.74) is -0.149. The van der Waals surface area contributed by atoms with Crippen LogP contribution in [0, 0.1) is 11.6 Å². The Labute approximate surface area is 111 Å². The van der Waals surface area contributed by atoms with Gasteiger partial charge in [-0.05, 0) is 19.9 Å². The van der Waals surface area contributed by atoms with E-state index in [1.165, 1.54) is 18.7 Å². The number of pyridine rings is 1. The van der Waals surface area contributed by atoms with Crippen LogP contribution in [0.3, 0.4) is 0 Å². The lowest BCUT2D eigenvalue weighted by atomic mass is 10.1. The topological polar surface area (TPSA) is 39.1 Å². The predicted octanol–water partition coefficient (Wildman–Crippen LogP) is 3.11. The van der Waals surface area contributed by atoms with Crippen LogP contribution in [0.25, 0.3) is 10.9 Å². The van der Waals surface area contributed by atoms with Gasteiger partial charge in [0.05, 0.1) is 21.5 Å². The van der Waals surface area contributed by atoms with E-state index in [1.807, 2.05) is 6.92 Å². The summed E-state index contributed by atoms with van der Waals surface area (Å²) in [6.45, 7) is 3.17. The molecule has 1 atom stereocenters. The Morgan fingerprint density at radius 3 is 2.53 bits per heavy atom. The number of carbonyl (C=O) groups excluding carboxylic acids is 1. The van der Waals surface area contributed by atoms with E-state index in [4.69, 9.17) is 0 Å². The monoisotopic (exact) mass is 281 g/mol. The van der Waals surface area contributed by atoms with E-state index in [0.29, 0.717) is 10.5 Å². The Hall–Kier alpha value is -1.69. The van der Waals surface area contributed by atoms with E-state index in [9.17, 15) is 18.4 Å². The van der Waals surface area contributed by atoms with E-state index < -0.39 is 17.1 Å². The molecule has 1 aromatic carbocycles. The smallest absolute Gasteiger partial charge is 0.201 e. The Morgan fingerprint density at radius 1 is 1.32 bits per heavy atom. The number of nitrogens with zero attached hydrogens (tertiary/aromatic N) is 1. The fourth-order valence-electron chi connectivity index (χ4n) is 2.33. The number of ketones is 1. The molecular formula is C13H9F2NO2S. The van der Waals surface area contributed by atoms with E-state index >= 15 is 0 Å². The first-order valence-corrected chi connectivity index (χ1v) is 6.54. The number of benzene rings is 1. The zero-order valence-corrected chi connectivity index (χ0v) is 11.0. The quantitative estimate of drug-likeness (QED) is 0.754. The Kier molecular flexibility index (Phi) is 2.53. The van der Waals surface area contributed by atoms with Crippen molar-refractivity contribution in [3.63, 3.8) is 0 Å². The number of fused-ring (bicyclic) bond motifs is 3. The third kappa shape index (κ3) is 1.56. The molecule has 3 rings (SSSR count). The molecule has 0 fully saturated rings. The summed E-state index contributed by atoms with van der Waals surface area (Å²) in [4.78, 5) is 23.8. The lowest BCUT2D eigenvalue weighted by Crippen LogP contribution is -2.27. The van der Waals surface area contributed by atoms with Gasteiger partial charge >= 0.3 is 0 Å². The summed E-state index contributed by atoms with van der Waals surface area (Å²) in [6, 6.07) is 1.87. The summed E-state index contributed by atoms with van der Waals surface area (Å²) in [5.74, 6) is -2.44. The average Bonchev–Trinajstić information content (AvgIpc) is 2.31. The van der Waals surface area contributed by atoms with Crippen LogP contribution >= 0.6 is 11.8 Å². The van der Waals surface area contributed by atoms with Crippen molar-refractivity contribution in [3.05, 3.63) is 39.6 Å². The molecule has 6 heteroatoms. The van der Waals surface area contributed by atoms with Crippen LogP contribution in [-0.2, 0) is 0 Å². The van der Waals surface area contributed by atoms with Gasteiger partial charge in [-0.25, -0.2) is 8.78 Å². The molecule has 1 aliphatic rings. The minimum atomic E-state index is -1.08. The molecule has 1 unspecified atom stereocenters. The van der Waals surface area contributed by atoms with Gasteiger partial charge in [-0.3, -0.25) is 9.59 Å². The van der Waals surface area contributed by atoms with Crippen LogP contribution in [-0.4, -0.2) is 10.4 Å². The summed E-state index contributed by atoms with van der Waals surface area (Å²) in [5, 5.41) is 0.560. The molecule has 0 aliphatic carbocycles. The number of thioether (sulfide) groups is 1. The molecule has 0 saturated heterocycles. The van der Waals surface area contributed by atoms with Crippen molar-refractivity contribution in [2.24, 2.45) is 0 Å². The second kappa shape index (κ2) is 3.90. The third-order valence-corrected chi connectivity index (χ3v) is 4.38. The van der Waals surface area contributed by atoms with Crippen LogP contribution in [0.5, 0.6) is 0 Å². The first kappa shape index (κ1) is 12.3. The van der Waals surface area contributed by atoms with Crippen molar-refractivity contribution in [3.8, 4) is 0 Å². The molecule has 2 aromatic rings. The number of hydrogen-bond acceptors (Lipinski definition) is 3. The van der Waals surface area contributed by atoms with Gasteiger partial charge in [0.25, 0.3) is 0 Å². The van der Waals surface area contributed by atoms with Gasteiger partial charge in [-0.1, -0.05) is 11.8 Å². The minimum Gasteiger partial charge on any atom is -0.322 e. The Bertz CT molecular complexity index is 798. The normalized spacial score (nSPS) is 17.2. The Balaban J connectivity index is 2.54. The largest absolute Gasteiger partial charge is 0.322 e. The molecule has 1 aliphatic heterocycles. The van der Waals surface area contributed by atoms with Crippen LogP contribution in [0.15, 0.2) is 22.0 Å². The molecule has 0 spiro atoms. The number of carbonyl (C=O) groups is 1. The number of aromatic nitrogens is 1. The molecule has 2 heterocycles. The number of halogens is 2. The maximum atomic E-state index is 13.3. The lowest BCUT2D eigenvalue weighted by Gasteiger charge is -2.32. The molecule has 0 amide bonds. The van der Waals surface area contributed by atoms with E-state index in [0.717, 1.165) is 12.1 Å².